The van der Waals surface area contributed by atoms with Gasteiger partial charge in [-0.1, -0.05) is 18.2 Å². The summed E-state index contributed by atoms with van der Waals surface area (Å²) in [5.74, 6) is 0.658. The molecule has 1 aliphatic heterocycles. The molecule has 4 aromatic rings. The van der Waals surface area contributed by atoms with E-state index in [1.54, 1.807) is 40.2 Å². The minimum atomic E-state index is -2.96. The van der Waals surface area contributed by atoms with Crippen molar-refractivity contribution in [1.29, 1.82) is 0 Å². The third kappa shape index (κ3) is 5.90. The number of nitrogens with one attached hydrogen (secondary N) is 1. The van der Waals surface area contributed by atoms with Gasteiger partial charge in [-0.15, -0.1) is 0 Å². The first kappa shape index (κ1) is 26.3. The second-order valence-corrected chi connectivity index (χ2v) is 9.27. The first-order valence-electron chi connectivity index (χ1n) is 12.6. The molecule has 0 radical (unpaired) electrons. The number of aromatic nitrogens is 4. The quantitative estimate of drug-likeness (QED) is 0.298. The standard InChI is InChI=1S/C27H28F2N6O4/c28-26(29)39-24-4-1-18(6-12-36)13-20(24)5-7-35-23-14-19(2-3-22(23)25(38)32-35)21-15-30-27(31-16-21)34-10-8-33(17-37)9-11-34/h1-4,13-17,26,36H,5-12H2,(H,32,38). The van der Waals surface area contributed by atoms with Gasteiger partial charge in [-0.2, -0.15) is 8.78 Å². The van der Waals surface area contributed by atoms with Crippen LogP contribution < -0.4 is 15.2 Å². The van der Waals surface area contributed by atoms with E-state index in [4.69, 9.17) is 0 Å². The number of fused-ring (bicyclic) bond motifs is 1. The summed E-state index contributed by atoms with van der Waals surface area (Å²) in [5.41, 5.74) is 3.36. The third-order valence-corrected chi connectivity index (χ3v) is 6.83. The number of piperazine rings is 1. The van der Waals surface area contributed by atoms with Crippen molar-refractivity contribution in [2.24, 2.45) is 0 Å². The predicted molar refractivity (Wildman–Crippen MR) is 141 cm³/mol. The molecule has 2 N–H and O–H groups in total. The Hall–Kier alpha value is -4.32. The zero-order valence-electron chi connectivity index (χ0n) is 21.1. The van der Waals surface area contributed by atoms with Crippen LogP contribution >= 0.6 is 0 Å². The summed E-state index contributed by atoms with van der Waals surface area (Å²) in [6, 6.07) is 10.3. The topological polar surface area (TPSA) is 117 Å². The van der Waals surface area contributed by atoms with Crippen LogP contribution in [0.5, 0.6) is 5.75 Å². The van der Waals surface area contributed by atoms with E-state index in [0.717, 1.165) is 23.1 Å². The van der Waals surface area contributed by atoms with Crippen LogP contribution in [-0.2, 0) is 24.2 Å². The van der Waals surface area contributed by atoms with Crippen LogP contribution in [0, 0.1) is 0 Å². The normalized spacial score (nSPS) is 13.8. The van der Waals surface area contributed by atoms with Crippen LogP contribution in [0.2, 0.25) is 0 Å². The SMILES string of the molecule is O=CN1CCN(c2ncc(-c3ccc4c(=O)[nH]n(CCc5cc(CCO)ccc5OC(F)F)c4c3)cn2)CC1. The van der Waals surface area contributed by atoms with E-state index in [2.05, 4.69) is 19.8 Å². The molecule has 5 rings (SSSR count). The number of nitrogens with zero attached hydrogens (tertiary/aromatic N) is 5. The minimum Gasteiger partial charge on any atom is -0.435 e. The summed E-state index contributed by atoms with van der Waals surface area (Å²) < 4.78 is 32.3. The number of aliphatic hydroxyl groups is 1. The second kappa shape index (κ2) is 11.6. The number of benzene rings is 2. The van der Waals surface area contributed by atoms with Crippen LogP contribution in [0.15, 0.2) is 53.6 Å². The van der Waals surface area contributed by atoms with E-state index >= 15 is 0 Å². The van der Waals surface area contributed by atoms with Crippen LogP contribution in [0.1, 0.15) is 11.1 Å². The lowest BCUT2D eigenvalue weighted by Gasteiger charge is -2.32. The average molecular weight is 539 g/mol. The van der Waals surface area contributed by atoms with E-state index in [-0.39, 0.29) is 17.9 Å². The molecule has 1 amide bonds. The molecule has 0 aliphatic carbocycles. The molecule has 0 bridgehead atoms. The Labute approximate surface area is 222 Å². The number of ether oxygens (including phenoxy) is 1. The van der Waals surface area contributed by atoms with Gasteiger partial charge in [0.15, 0.2) is 0 Å². The van der Waals surface area contributed by atoms with E-state index < -0.39 is 6.61 Å². The number of hydrogen-bond acceptors (Lipinski definition) is 7. The van der Waals surface area contributed by atoms with Crippen molar-refractivity contribution in [3.8, 4) is 16.9 Å². The number of anilines is 1. The summed E-state index contributed by atoms with van der Waals surface area (Å²) in [7, 11) is 0. The van der Waals surface area contributed by atoms with Crippen LogP contribution in [0.4, 0.5) is 14.7 Å². The number of aliphatic hydroxyl groups excluding tert-OH is 1. The summed E-state index contributed by atoms with van der Waals surface area (Å²) >= 11 is 0. The van der Waals surface area contributed by atoms with E-state index in [1.807, 2.05) is 17.0 Å². The van der Waals surface area contributed by atoms with Gasteiger partial charge >= 0.3 is 6.61 Å². The zero-order chi connectivity index (χ0) is 27.4. The number of aryl methyl sites for hydroxylation is 2. The number of amides is 1. The van der Waals surface area contributed by atoms with Gasteiger partial charge in [0, 0.05) is 57.3 Å². The van der Waals surface area contributed by atoms with E-state index in [9.17, 15) is 23.5 Å². The maximum atomic E-state index is 12.9. The highest BCUT2D eigenvalue weighted by Crippen LogP contribution is 2.26. The molecule has 12 heteroatoms. The molecule has 0 unspecified atom stereocenters. The van der Waals surface area contributed by atoms with Crippen molar-refractivity contribution < 1.29 is 23.4 Å². The predicted octanol–water partition coefficient (Wildman–Crippen LogP) is 2.44. The summed E-state index contributed by atoms with van der Waals surface area (Å²) in [6.07, 6.45) is 5.02. The highest BCUT2D eigenvalue weighted by Gasteiger charge is 2.18. The Bertz CT molecular complexity index is 1500. The van der Waals surface area contributed by atoms with Gasteiger partial charge in [0.2, 0.25) is 12.4 Å². The molecule has 0 atom stereocenters. The summed E-state index contributed by atoms with van der Waals surface area (Å²) in [4.78, 5) is 36.3. The van der Waals surface area contributed by atoms with Gasteiger partial charge in [0.1, 0.15) is 5.75 Å². The lowest BCUT2D eigenvalue weighted by atomic mass is 10.0. The molecule has 10 nitrogen and oxygen atoms in total. The van der Waals surface area contributed by atoms with Crippen LogP contribution in [0.3, 0.4) is 0 Å². The lowest BCUT2D eigenvalue weighted by molar-refractivity contribution is -0.118. The van der Waals surface area contributed by atoms with Crippen LogP contribution in [-0.4, -0.2) is 75.6 Å². The maximum absolute atomic E-state index is 12.9. The Balaban J connectivity index is 1.37. The first-order valence-corrected chi connectivity index (χ1v) is 12.6. The Kier molecular flexibility index (Phi) is 7.82. The van der Waals surface area contributed by atoms with Gasteiger partial charge in [0.05, 0.1) is 10.9 Å². The number of carbonyl (C=O) groups excluding carboxylic acids is 1. The fourth-order valence-corrected chi connectivity index (χ4v) is 4.76. The fraction of sp³-hybridized carbons (Fsp3) is 0.333. The minimum absolute atomic E-state index is 0.0612. The summed E-state index contributed by atoms with van der Waals surface area (Å²) in [6.45, 7) is -0.146. The molecular formula is C27H28F2N6O4. The largest absolute Gasteiger partial charge is 0.435 e. The molecule has 2 aromatic carbocycles. The summed E-state index contributed by atoms with van der Waals surface area (Å²) in [5, 5.41) is 12.6. The molecule has 0 saturated carbocycles. The molecule has 204 valence electrons. The molecule has 1 saturated heterocycles. The van der Waals surface area contributed by atoms with Crippen molar-refractivity contribution in [2.75, 3.05) is 37.7 Å². The average Bonchev–Trinajstić information content (AvgIpc) is 3.27. The second-order valence-electron chi connectivity index (χ2n) is 9.27. The highest BCUT2D eigenvalue weighted by atomic mass is 19.3. The number of alkyl halides is 2. The molecular weight excluding hydrogens is 510 g/mol. The number of hydrogen-bond donors (Lipinski definition) is 2. The fourth-order valence-electron chi connectivity index (χ4n) is 4.76. The lowest BCUT2D eigenvalue weighted by Crippen LogP contribution is -2.46. The van der Waals surface area contributed by atoms with Gasteiger partial charge < -0.3 is 19.6 Å². The highest BCUT2D eigenvalue weighted by molar-refractivity contribution is 5.84. The van der Waals surface area contributed by atoms with Crippen molar-refractivity contribution in [1.82, 2.24) is 24.6 Å². The van der Waals surface area contributed by atoms with Crippen molar-refractivity contribution >= 4 is 23.3 Å². The number of carbonyl (C=O) groups is 1. The van der Waals surface area contributed by atoms with Gasteiger partial charge in [-0.25, -0.2) is 9.97 Å². The molecule has 1 fully saturated rings. The molecule has 39 heavy (non-hydrogen) atoms. The molecule has 2 aromatic heterocycles. The number of aromatic amines is 1. The smallest absolute Gasteiger partial charge is 0.387 e. The maximum Gasteiger partial charge on any atom is 0.387 e. The zero-order valence-corrected chi connectivity index (χ0v) is 21.1. The van der Waals surface area contributed by atoms with Crippen molar-refractivity contribution in [2.45, 2.75) is 26.0 Å². The number of rotatable bonds is 10. The first-order chi connectivity index (χ1) is 18.9. The van der Waals surface area contributed by atoms with Gasteiger partial charge in [-0.05, 0) is 47.7 Å². The van der Waals surface area contributed by atoms with Crippen molar-refractivity contribution in [3.05, 3.63) is 70.3 Å². The Morgan fingerprint density at radius 2 is 1.79 bits per heavy atom. The third-order valence-electron chi connectivity index (χ3n) is 6.83. The molecule has 1 aliphatic rings. The van der Waals surface area contributed by atoms with Gasteiger partial charge in [-0.3, -0.25) is 19.4 Å². The molecule has 0 spiro atoms. The Morgan fingerprint density at radius 1 is 1.03 bits per heavy atom. The van der Waals surface area contributed by atoms with E-state index in [0.29, 0.717) is 68.0 Å². The van der Waals surface area contributed by atoms with E-state index in [1.165, 1.54) is 6.07 Å². The van der Waals surface area contributed by atoms with Crippen LogP contribution in [0.25, 0.3) is 22.0 Å². The molecule has 3 heterocycles. The Morgan fingerprint density at radius 3 is 2.49 bits per heavy atom. The number of H-pyrrole nitrogens is 1. The number of halogens is 2. The van der Waals surface area contributed by atoms with Gasteiger partial charge in [0.25, 0.3) is 5.56 Å². The monoisotopic (exact) mass is 538 g/mol. The van der Waals surface area contributed by atoms with Crippen molar-refractivity contribution in [3.63, 3.8) is 0 Å².